The molecule has 1 aliphatic rings. The summed E-state index contributed by atoms with van der Waals surface area (Å²) in [5.41, 5.74) is 5.89. The molecule has 0 spiro atoms. The molecule has 0 bridgehead atoms. The zero-order chi connectivity index (χ0) is 23.7. The second-order valence-electron chi connectivity index (χ2n) is 8.53. The number of para-hydroxylation sites is 1. The third-order valence-corrected chi connectivity index (χ3v) is 6.90. The van der Waals surface area contributed by atoms with E-state index in [-0.39, 0.29) is 18.5 Å². The van der Waals surface area contributed by atoms with Crippen LogP contribution in [0.3, 0.4) is 0 Å². The Kier molecular flexibility index (Phi) is 6.11. The molecule has 0 fully saturated rings. The first-order valence-corrected chi connectivity index (χ1v) is 12.3. The van der Waals surface area contributed by atoms with Crippen LogP contribution in [-0.4, -0.2) is 21.8 Å². The molecular weight excluding hydrogens is 446 g/mol. The van der Waals surface area contributed by atoms with E-state index >= 15 is 0 Å². The summed E-state index contributed by atoms with van der Waals surface area (Å²) in [7, 11) is 0. The number of carbonyl (C=O) groups excluding carboxylic acids is 2. The van der Waals surface area contributed by atoms with E-state index in [1.54, 1.807) is 4.90 Å². The molecule has 0 saturated carbocycles. The molecule has 34 heavy (non-hydrogen) atoms. The first kappa shape index (κ1) is 22.2. The number of ether oxygens (including phenoxy) is 1. The highest BCUT2D eigenvalue weighted by molar-refractivity contribution is 7.14. The second-order valence-corrected chi connectivity index (χ2v) is 9.36. The van der Waals surface area contributed by atoms with E-state index in [9.17, 15) is 9.59 Å². The van der Waals surface area contributed by atoms with Crippen LogP contribution in [-0.2, 0) is 29.0 Å². The Labute approximate surface area is 202 Å². The molecule has 5 rings (SSSR count). The van der Waals surface area contributed by atoms with Crippen LogP contribution < -0.4 is 4.90 Å². The van der Waals surface area contributed by atoms with Gasteiger partial charge in [0.15, 0.2) is 5.13 Å². The smallest absolute Gasteiger partial charge is 0.339 e. The van der Waals surface area contributed by atoms with Crippen LogP contribution in [0.4, 0.5) is 10.8 Å². The molecule has 172 valence electrons. The Morgan fingerprint density at radius 1 is 1.06 bits per heavy atom. The van der Waals surface area contributed by atoms with Crippen LogP contribution in [0.25, 0.3) is 10.9 Å². The molecule has 1 aliphatic carbocycles. The normalized spacial score (nSPS) is 12.9. The van der Waals surface area contributed by atoms with Crippen LogP contribution in [0.2, 0.25) is 0 Å². The molecule has 6 nitrogen and oxygen atoms in total. The van der Waals surface area contributed by atoms with Gasteiger partial charge in [-0.1, -0.05) is 30.3 Å². The van der Waals surface area contributed by atoms with Gasteiger partial charge in [-0.3, -0.25) is 14.7 Å². The fourth-order valence-corrected chi connectivity index (χ4v) is 5.35. The summed E-state index contributed by atoms with van der Waals surface area (Å²) >= 11 is 1.35. The summed E-state index contributed by atoms with van der Waals surface area (Å²) in [5, 5.41) is 3.21. The first-order valence-electron chi connectivity index (χ1n) is 11.4. The highest BCUT2D eigenvalue weighted by Crippen LogP contribution is 2.32. The van der Waals surface area contributed by atoms with Crippen LogP contribution in [0, 0.1) is 6.92 Å². The van der Waals surface area contributed by atoms with Crippen molar-refractivity contribution in [1.82, 2.24) is 9.97 Å². The number of aryl methyl sites for hydroxylation is 2. The van der Waals surface area contributed by atoms with E-state index in [1.165, 1.54) is 18.3 Å². The van der Waals surface area contributed by atoms with E-state index in [1.807, 2.05) is 60.8 Å². The van der Waals surface area contributed by atoms with Crippen LogP contribution in [0.1, 0.15) is 52.6 Å². The average Bonchev–Trinajstić information content (AvgIpc) is 3.29. The van der Waals surface area contributed by atoms with Crippen molar-refractivity contribution < 1.29 is 14.3 Å². The molecule has 2 aromatic heterocycles. The fraction of sp³-hybridized carbons (Fsp3) is 0.259. The zero-order valence-corrected chi connectivity index (χ0v) is 20.0. The minimum absolute atomic E-state index is 0.0420. The van der Waals surface area contributed by atoms with Crippen molar-refractivity contribution in [3.8, 4) is 0 Å². The molecule has 0 aliphatic heterocycles. The maximum Gasteiger partial charge on any atom is 0.339 e. The number of pyridine rings is 1. The number of benzene rings is 2. The van der Waals surface area contributed by atoms with Crippen molar-refractivity contribution >= 4 is 44.9 Å². The fourth-order valence-electron chi connectivity index (χ4n) is 4.48. The number of rotatable bonds is 5. The van der Waals surface area contributed by atoms with Gasteiger partial charge in [0.1, 0.15) is 6.61 Å². The van der Waals surface area contributed by atoms with Gasteiger partial charge in [0.2, 0.25) is 5.91 Å². The minimum atomic E-state index is -0.353. The lowest BCUT2D eigenvalue weighted by molar-refractivity contribution is -0.115. The van der Waals surface area contributed by atoms with Crippen LogP contribution in [0.5, 0.6) is 0 Å². The number of anilines is 2. The van der Waals surface area contributed by atoms with Gasteiger partial charge in [-0.15, -0.1) is 11.3 Å². The molecule has 7 heteroatoms. The van der Waals surface area contributed by atoms with Gasteiger partial charge >= 0.3 is 5.97 Å². The lowest BCUT2D eigenvalue weighted by Crippen LogP contribution is -2.22. The van der Waals surface area contributed by atoms with E-state index in [2.05, 4.69) is 4.98 Å². The lowest BCUT2D eigenvalue weighted by Gasteiger charge is -2.20. The maximum atomic E-state index is 13.3. The van der Waals surface area contributed by atoms with Crippen molar-refractivity contribution in [2.24, 2.45) is 0 Å². The summed E-state index contributed by atoms with van der Waals surface area (Å²) in [4.78, 5) is 36.6. The number of aromatic nitrogens is 2. The van der Waals surface area contributed by atoms with Gasteiger partial charge in [-0.25, -0.2) is 9.78 Å². The Hall–Kier alpha value is -3.58. The number of amides is 1. The topological polar surface area (TPSA) is 72.4 Å². The highest BCUT2D eigenvalue weighted by Gasteiger charge is 2.24. The molecule has 0 saturated heterocycles. The maximum absolute atomic E-state index is 13.3. The largest absolute Gasteiger partial charge is 0.456 e. The standard InChI is InChI=1S/C27H25N3O3S/c1-17-8-7-9-20(14-17)30(18(2)31)27-28-19(16-34-27)15-33-26(32)25-21-10-3-5-12-23(21)29-24-13-6-4-11-22(24)25/h3,5,7-10,12,14,16H,4,6,11,13,15H2,1-2H3. The third-order valence-electron chi connectivity index (χ3n) is 6.03. The monoisotopic (exact) mass is 471 g/mol. The molecule has 0 atom stereocenters. The second kappa shape index (κ2) is 9.35. The van der Waals surface area contributed by atoms with Crippen molar-refractivity contribution in [2.75, 3.05) is 4.90 Å². The van der Waals surface area contributed by atoms with E-state index in [4.69, 9.17) is 9.72 Å². The van der Waals surface area contributed by atoms with Crippen molar-refractivity contribution in [2.45, 2.75) is 46.1 Å². The average molecular weight is 472 g/mol. The first-order chi connectivity index (χ1) is 16.5. The SMILES string of the molecule is CC(=O)N(c1cccc(C)c1)c1nc(COC(=O)c2c3c(nc4ccccc24)CCCC3)cs1. The molecule has 0 radical (unpaired) electrons. The Morgan fingerprint density at radius 3 is 2.71 bits per heavy atom. The molecule has 1 amide bonds. The molecular formula is C27H25N3O3S. The Morgan fingerprint density at radius 2 is 1.88 bits per heavy atom. The highest BCUT2D eigenvalue weighted by atomic mass is 32.1. The minimum Gasteiger partial charge on any atom is -0.456 e. The quantitative estimate of drug-likeness (QED) is 0.338. The predicted octanol–water partition coefficient (Wildman–Crippen LogP) is 5.92. The summed E-state index contributed by atoms with van der Waals surface area (Å²) in [6.45, 7) is 3.54. The third kappa shape index (κ3) is 4.31. The number of nitrogens with zero attached hydrogens (tertiary/aromatic N) is 3. The van der Waals surface area contributed by atoms with Crippen molar-refractivity contribution in [3.63, 3.8) is 0 Å². The van der Waals surface area contributed by atoms with Crippen LogP contribution in [0.15, 0.2) is 53.9 Å². The van der Waals surface area contributed by atoms with Crippen molar-refractivity contribution in [3.05, 3.63) is 82.0 Å². The molecule has 0 N–H and O–H groups in total. The van der Waals surface area contributed by atoms with Gasteiger partial charge in [-0.05, 0) is 61.9 Å². The van der Waals surface area contributed by atoms with E-state index in [0.29, 0.717) is 16.4 Å². The van der Waals surface area contributed by atoms with Gasteiger partial charge in [0, 0.05) is 23.4 Å². The van der Waals surface area contributed by atoms with E-state index in [0.717, 1.165) is 59.1 Å². The van der Waals surface area contributed by atoms with Gasteiger partial charge in [0.05, 0.1) is 22.5 Å². The molecule has 0 unspecified atom stereocenters. The predicted molar refractivity (Wildman–Crippen MR) is 134 cm³/mol. The number of carbonyl (C=O) groups is 2. The summed E-state index contributed by atoms with van der Waals surface area (Å²) in [5.74, 6) is -0.480. The van der Waals surface area contributed by atoms with Crippen LogP contribution >= 0.6 is 11.3 Å². The molecule has 4 aromatic rings. The van der Waals surface area contributed by atoms with Gasteiger partial charge in [-0.2, -0.15) is 0 Å². The number of hydrogen-bond donors (Lipinski definition) is 0. The summed E-state index contributed by atoms with van der Waals surface area (Å²) in [6, 6.07) is 15.5. The van der Waals surface area contributed by atoms with E-state index < -0.39 is 0 Å². The molecule has 2 heterocycles. The Balaban J connectivity index is 1.39. The number of esters is 1. The zero-order valence-electron chi connectivity index (χ0n) is 19.2. The number of thiazole rings is 1. The molecule has 2 aromatic carbocycles. The van der Waals surface area contributed by atoms with Gasteiger partial charge in [0.25, 0.3) is 0 Å². The number of fused-ring (bicyclic) bond motifs is 2. The summed E-state index contributed by atoms with van der Waals surface area (Å²) < 4.78 is 5.74. The summed E-state index contributed by atoms with van der Waals surface area (Å²) in [6.07, 6.45) is 3.85. The Bertz CT molecular complexity index is 1400. The van der Waals surface area contributed by atoms with Crippen molar-refractivity contribution in [1.29, 1.82) is 0 Å². The lowest BCUT2D eigenvalue weighted by atomic mass is 9.90. The van der Waals surface area contributed by atoms with Gasteiger partial charge < -0.3 is 4.74 Å². The number of hydrogen-bond acceptors (Lipinski definition) is 6.